The van der Waals surface area contributed by atoms with Crippen molar-refractivity contribution in [3.05, 3.63) is 157 Å². The minimum atomic E-state index is -0.662. The number of hydrogen-bond acceptors (Lipinski definition) is 9. The maximum Gasteiger partial charge on any atom is 0.347 e. The highest BCUT2D eigenvalue weighted by Gasteiger charge is 2.14. The third-order valence-electron chi connectivity index (χ3n) is 6.87. The first kappa shape index (κ1) is 41.8. The van der Waals surface area contributed by atoms with E-state index in [4.69, 9.17) is 50.0 Å². The number of Topliss-reactive ketones (excluding diaryl/α,β-unsaturated/α-hetero) is 1. The second kappa shape index (κ2) is 19.8. The minimum Gasteiger partial charge on any atom is -0.421 e. The van der Waals surface area contributed by atoms with Gasteiger partial charge in [0.25, 0.3) is 0 Å². The van der Waals surface area contributed by atoms with Crippen molar-refractivity contribution in [3.8, 4) is 11.3 Å². The number of benzene rings is 4. The molecule has 0 aliphatic heterocycles. The van der Waals surface area contributed by atoms with Crippen LogP contribution < -0.4 is 22.3 Å². The number of carbonyl (C=O) groups is 1. The average molecular weight is 840 g/mol. The molecule has 3 heterocycles. The second-order valence-corrected chi connectivity index (χ2v) is 13.2. The van der Waals surface area contributed by atoms with E-state index in [9.17, 15) is 14.4 Å². The van der Waals surface area contributed by atoms with Crippen LogP contribution in [0.4, 0.5) is 10.8 Å². The van der Waals surface area contributed by atoms with Gasteiger partial charge in [0.2, 0.25) is 0 Å². The number of aromatic nitrogens is 1. The summed E-state index contributed by atoms with van der Waals surface area (Å²) < 4.78 is 10.4. The zero-order valence-corrected chi connectivity index (χ0v) is 30.6. The van der Waals surface area contributed by atoms with E-state index in [2.05, 4.69) is 26.2 Å². The summed E-state index contributed by atoms with van der Waals surface area (Å²) in [4.78, 5) is 40.2. The highest BCUT2D eigenvalue weighted by molar-refractivity contribution is 9.09. The minimum absolute atomic E-state index is 0. The number of fused-ring (bicyclic) bond motifs is 2. The van der Waals surface area contributed by atoms with Crippen molar-refractivity contribution in [2.24, 2.45) is 5.73 Å². The van der Waals surface area contributed by atoms with E-state index in [1.165, 1.54) is 23.0 Å². The van der Waals surface area contributed by atoms with Crippen LogP contribution in [0, 0.1) is 0 Å². The predicted octanol–water partition coefficient (Wildman–Crippen LogP) is 11.1. The van der Waals surface area contributed by atoms with Crippen LogP contribution in [0.2, 0.25) is 10.0 Å². The number of nitrogens with one attached hydrogen (secondary N) is 1. The van der Waals surface area contributed by atoms with E-state index in [-0.39, 0.29) is 31.5 Å². The summed E-state index contributed by atoms with van der Waals surface area (Å²) in [6.45, 7) is 0. The number of para-hydroxylation sites is 3. The quantitative estimate of drug-likeness (QED) is 0.0697. The van der Waals surface area contributed by atoms with Crippen LogP contribution in [0.15, 0.2) is 133 Å². The Labute approximate surface area is 328 Å². The Morgan fingerprint density at radius 2 is 1.37 bits per heavy atom. The van der Waals surface area contributed by atoms with Gasteiger partial charge in [-0.1, -0.05) is 139 Å². The Hall–Kier alpha value is -4.65. The van der Waals surface area contributed by atoms with Gasteiger partial charge in [0, 0.05) is 28.3 Å². The van der Waals surface area contributed by atoms with Gasteiger partial charge in [-0.05, 0) is 42.0 Å². The van der Waals surface area contributed by atoms with Crippen LogP contribution in [0.1, 0.15) is 30.8 Å². The number of rotatable bonds is 7. The zero-order chi connectivity index (χ0) is 35.6. The van der Waals surface area contributed by atoms with Gasteiger partial charge in [0.05, 0.1) is 31.6 Å². The molecule has 52 heavy (non-hydrogen) atoms. The van der Waals surface area contributed by atoms with Crippen LogP contribution in [0.5, 0.6) is 0 Å². The van der Waals surface area contributed by atoms with Crippen LogP contribution >= 0.6 is 62.7 Å². The molecule has 0 bridgehead atoms. The zero-order valence-electron chi connectivity index (χ0n) is 25.9. The summed E-state index contributed by atoms with van der Waals surface area (Å²) in [7, 11) is 0. The molecule has 13 heteroatoms. The third kappa shape index (κ3) is 10.9. The first-order valence-electron chi connectivity index (χ1n) is 14.8. The molecular weight excluding hydrogens is 805 g/mol. The monoisotopic (exact) mass is 837 g/mol. The van der Waals surface area contributed by atoms with Crippen molar-refractivity contribution < 1.29 is 13.6 Å². The summed E-state index contributed by atoms with van der Waals surface area (Å²) in [6, 6.07) is 33.4. The normalized spacial score (nSPS) is 10.1. The Kier molecular flexibility index (Phi) is 15.9. The molecule has 7 rings (SSSR count). The Morgan fingerprint density at radius 1 is 0.808 bits per heavy atom. The van der Waals surface area contributed by atoms with Gasteiger partial charge in [0.1, 0.15) is 5.56 Å². The largest absolute Gasteiger partial charge is 0.421 e. The van der Waals surface area contributed by atoms with E-state index in [0.717, 1.165) is 11.1 Å². The highest BCUT2D eigenvalue weighted by Crippen LogP contribution is 2.29. The summed E-state index contributed by atoms with van der Waals surface area (Å²) in [5, 5.41) is 8.01. The van der Waals surface area contributed by atoms with Crippen LogP contribution in [-0.2, 0) is 6.42 Å². The van der Waals surface area contributed by atoms with Crippen molar-refractivity contribution in [2.75, 3.05) is 10.6 Å². The second-order valence-electron chi connectivity index (χ2n) is 10.4. The number of anilines is 2. The van der Waals surface area contributed by atoms with Crippen LogP contribution in [-0.4, -0.2) is 21.1 Å². The van der Waals surface area contributed by atoms with E-state index in [0.29, 0.717) is 54.4 Å². The summed E-state index contributed by atoms with van der Waals surface area (Å²) in [5.74, 6) is -0.310. The van der Waals surface area contributed by atoms with E-state index >= 15 is 0 Å². The molecule has 0 radical (unpaired) electrons. The van der Waals surface area contributed by atoms with Gasteiger partial charge in [-0.15, -0.1) is 11.3 Å². The molecule has 0 fully saturated rings. The van der Waals surface area contributed by atoms with Crippen LogP contribution in [0.25, 0.3) is 33.2 Å². The number of alkyl halides is 1. The standard InChI is InChI=1S/C18H11ClN2O2S.C11H6BrClO3.C8H9NS.2CH4/c19-14-8-4-5-11-9-13(17(22)23-16(11)14)15-10-24-18(21-15)20-12-6-2-1-3-7-12;12-5-9(14)7-4-6-2-1-3-8(13)10(6)16-11(7)15;9-8(10)6-7-4-2-1-3-5-7;;/h1-10H,(H,20,21);1-4H,5H2;1-5H,6H2,(H2,9,10);2*1H4. The lowest BCUT2D eigenvalue weighted by Gasteiger charge is -2.02. The lowest BCUT2D eigenvalue weighted by atomic mass is 10.1. The molecule has 0 saturated heterocycles. The molecule has 0 aliphatic rings. The van der Waals surface area contributed by atoms with Crippen molar-refractivity contribution >= 4 is 106 Å². The molecule has 0 saturated carbocycles. The number of nitrogens with two attached hydrogens (primary N) is 1. The SMILES string of the molecule is C.C.NC(=S)Cc1ccccc1.O=C(CBr)c1cc2cccc(Cl)c2oc1=O.O=c1oc2c(Cl)cccc2cc1-c1csc(Nc2ccccc2)n1. The molecule has 0 amide bonds. The molecule has 0 atom stereocenters. The van der Waals surface area contributed by atoms with Gasteiger partial charge in [-0.2, -0.15) is 0 Å². The number of carbonyl (C=O) groups excluding carboxylic acids is 1. The number of thiazole rings is 1. The maximum absolute atomic E-state index is 12.3. The fourth-order valence-electron chi connectivity index (χ4n) is 4.56. The van der Waals surface area contributed by atoms with Gasteiger partial charge >= 0.3 is 11.3 Å². The van der Waals surface area contributed by atoms with Crippen molar-refractivity contribution in [3.63, 3.8) is 0 Å². The number of halogens is 3. The van der Waals surface area contributed by atoms with Gasteiger partial charge in [0.15, 0.2) is 22.1 Å². The molecule has 268 valence electrons. The van der Waals surface area contributed by atoms with Crippen LogP contribution in [0.3, 0.4) is 0 Å². The summed E-state index contributed by atoms with van der Waals surface area (Å²) >= 11 is 21.1. The van der Waals surface area contributed by atoms with Gasteiger partial charge in [-0.3, -0.25) is 4.79 Å². The highest BCUT2D eigenvalue weighted by atomic mass is 79.9. The summed E-state index contributed by atoms with van der Waals surface area (Å²) in [6.07, 6.45) is 0.705. The lowest BCUT2D eigenvalue weighted by molar-refractivity contribution is 0.102. The molecule has 8 nitrogen and oxygen atoms in total. The number of thiocarbonyl (C=S) groups is 1. The number of ketones is 1. The Bertz CT molecular complexity index is 2400. The lowest BCUT2D eigenvalue weighted by Crippen LogP contribution is -2.14. The molecule has 0 unspecified atom stereocenters. The first-order chi connectivity index (χ1) is 24.1. The van der Waals surface area contributed by atoms with Crippen molar-refractivity contribution in [2.45, 2.75) is 21.3 Å². The smallest absolute Gasteiger partial charge is 0.347 e. The number of nitrogens with zero attached hydrogens (tertiary/aromatic N) is 1. The van der Waals surface area contributed by atoms with Crippen molar-refractivity contribution in [1.29, 1.82) is 0 Å². The summed E-state index contributed by atoms with van der Waals surface area (Å²) in [5.41, 5.74) is 8.09. The average Bonchev–Trinajstić information content (AvgIpc) is 3.57. The molecular formula is C39H34BrCl2N3O5S2. The Morgan fingerprint density at radius 3 is 1.94 bits per heavy atom. The maximum atomic E-state index is 12.3. The molecule has 4 aromatic carbocycles. The van der Waals surface area contributed by atoms with E-state index < -0.39 is 11.3 Å². The van der Waals surface area contributed by atoms with Gasteiger partial charge < -0.3 is 19.9 Å². The molecule has 3 aromatic heterocycles. The Balaban J connectivity index is 0.000000226. The van der Waals surface area contributed by atoms with E-state index in [1.807, 2.05) is 78.2 Å². The van der Waals surface area contributed by atoms with Crippen molar-refractivity contribution in [1.82, 2.24) is 4.98 Å². The van der Waals surface area contributed by atoms with E-state index in [1.54, 1.807) is 30.3 Å². The van der Waals surface area contributed by atoms with Gasteiger partial charge in [-0.25, -0.2) is 14.6 Å². The fourth-order valence-corrected chi connectivity index (χ4v) is 6.20. The predicted molar refractivity (Wildman–Crippen MR) is 224 cm³/mol. The molecule has 3 N–H and O–H groups in total. The molecule has 0 spiro atoms. The molecule has 7 aromatic rings. The number of hydrogen-bond donors (Lipinski definition) is 2. The first-order valence-corrected chi connectivity index (χ1v) is 17.9. The fraction of sp³-hybridized carbons (Fsp3) is 0.103. The molecule has 0 aliphatic carbocycles. The third-order valence-corrected chi connectivity index (χ3v) is 8.88. The topological polar surface area (TPSA) is 128 Å².